The first-order chi connectivity index (χ1) is 18.3. The summed E-state index contributed by atoms with van der Waals surface area (Å²) >= 11 is 6.37. The number of halogens is 4. The molecule has 3 aromatic carbocycles. The molecule has 0 bridgehead atoms. The smallest absolute Gasteiger partial charge is 0.475 e. The molecule has 0 aliphatic carbocycles. The Hall–Kier alpha value is -3.94. The number of carbonyl (C=O) groups is 1. The van der Waals surface area contributed by atoms with Crippen molar-refractivity contribution in [3.63, 3.8) is 0 Å². The van der Waals surface area contributed by atoms with Gasteiger partial charge in [-0.3, -0.25) is 0 Å². The first-order valence-electron chi connectivity index (χ1n) is 11.2. The predicted octanol–water partition coefficient (Wildman–Crippen LogP) is 4.47. The fourth-order valence-electron chi connectivity index (χ4n) is 3.52. The summed E-state index contributed by atoms with van der Waals surface area (Å²) in [6.45, 7) is 2.26. The van der Waals surface area contributed by atoms with Crippen LogP contribution in [0.15, 0.2) is 82.5 Å². The highest BCUT2D eigenvalue weighted by atomic mass is 35.5. The molecule has 0 spiro atoms. The molecule has 0 radical (unpaired) electrons. The summed E-state index contributed by atoms with van der Waals surface area (Å²) in [6, 6.07) is 20.5. The molecule has 9 nitrogen and oxygen atoms in total. The topological polar surface area (TPSA) is 136 Å². The van der Waals surface area contributed by atoms with E-state index in [2.05, 4.69) is 4.98 Å². The van der Waals surface area contributed by atoms with E-state index in [0.717, 1.165) is 10.1 Å². The molecule has 4 rings (SSSR count). The maximum absolute atomic E-state index is 13.4. The average Bonchev–Trinajstić information content (AvgIpc) is 2.88. The summed E-state index contributed by atoms with van der Waals surface area (Å²) in [6.07, 6.45) is -5.08. The first kappa shape index (κ1) is 29.6. The zero-order valence-corrected chi connectivity index (χ0v) is 21.8. The highest BCUT2D eigenvalue weighted by Gasteiger charge is 2.38. The number of nitrogen functional groups attached to an aromatic ring is 1. The number of carboxylic acids is 1. The summed E-state index contributed by atoms with van der Waals surface area (Å²) in [5, 5.41) is 7.87. The molecule has 14 heteroatoms. The van der Waals surface area contributed by atoms with Gasteiger partial charge in [0.15, 0.2) is 0 Å². The molecule has 3 N–H and O–H groups in total. The maximum Gasteiger partial charge on any atom is 0.490 e. The third-order valence-corrected chi connectivity index (χ3v) is 7.66. The lowest BCUT2D eigenvalue weighted by atomic mass is 10.2. The highest BCUT2D eigenvalue weighted by molar-refractivity contribution is 7.89. The fraction of sp³-hybridized carbons (Fsp3) is 0.160. The number of benzene rings is 3. The van der Waals surface area contributed by atoms with Gasteiger partial charge in [-0.1, -0.05) is 61.0 Å². The minimum atomic E-state index is -5.08. The number of anilines is 1. The third kappa shape index (κ3) is 6.74. The van der Waals surface area contributed by atoms with Crippen LogP contribution in [0, 0.1) is 0 Å². The van der Waals surface area contributed by atoms with Crippen molar-refractivity contribution in [2.45, 2.75) is 24.5 Å². The van der Waals surface area contributed by atoms with Crippen molar-refractivity contribution in [3.8, 4) is 5.69 Å². The minimum absolute atomic E-state index is 0.00846. The van der Waals surface area contributed by atoms with E-state index in [4.69, 9.17) is 27.2 Å². The number of hydrogen-bond donors (Lipinski definition) is 2. The van der Waals surface area contributed by atoms with Crippen molar-refractivity contribution in [3.05, 3.63) is 93.9 Å². The Balaban J connectivity index is 0.000000532. The molecule has 206 valence electrons. The Labute approximate surface area is 225 Å². The summed E-state index contributed by atoms with van der Waals surface area (Å²) in [5.74, 6) is -2.62. The Morgan fingerprint density at radius 3 is 2.26 bits per heavy atom. The lowest BCUT2D eigenvalue weighted by molar-refractivity contribution is -0.192. The van der Waals surface area contributed by atoms with Crippen LogP contribution in [0.2, 0.25) is 5.02 Å². The Kier molecular flexibility index (Phi) is 8.99. The normalized spacial score (nSPS) is 11.7. The number of nitrogens with zero attached hydrogens (tertiary/aromatic N) is 3. The quantitative estimate of drug-likeness (QED) is 0.342. The number of rotatable bonds is 6. The van der Waals surface area contributed by atoms with Crippen LogP contribution in [0.5, 0.6) is 0 Å². The van der Waals surface area contributed by atoms with Crippen molar-refractivity contribution in [1.29, 1.82) is 0 Å². The summed E-state index contributed by atoms with van der Waals surface area (Å²) in [7, 11) is -3.87. The zero-order chi connectivity index (χ0) is 29.0. The molecule has 4 aromatic rings. The summed E-state index contributed by atoms with van der Waals surface area (Å²) in [4.78, 5) is 25.7. The lowest BCUT2D eigenvalue weighted by Crippen LogP contribution is -2.31. The van der Waals surface area contributed by atoms with Crippen LogP contribution in [-0.4, -0.2) is 46.1 Å². The molecule has 1 heterocycles. The minimum Gasteiger partial charge on any atom is -0.475 e. The maximum atomic E-state index is 13.4. The largest absolute Gasteiger partial charge is 0.490 e. The van der Waals surface area contributed by atoms with Crippen LogP contribution in [0.4, 0.5) is 19.0 Å². The molecule has 0 atom stereocenters. The van der Waals surface area contributed by atoms with Crippen molar-refractivity contribution in [1.82, 2.24) is 13.9 Å². The number of carboxylic acid groups (broad SMARTS) is 1. The standard InChI is InChI=1S/C23H21ClN4O3S.C2HF3O2/c1-2-27(15-16-8-4-3-5-9-16)32(30,31)17-12-13-19(24)21(14-17)28-22(25)18-10-6-7-11-20(18)26-23(28)29;3-2(4,5)1(6)7/h3-14H,2,15,25H2,1H3;(H,6,7). The molecule has 0 amide bonds. The average molecular weight is 583 g/mol. The number of aliphatic carboxylic acids is 1. The fourth-order valence-corrected chi connectivity index (χ4v) is 5.18. The van der Waals surface area contributed by atoms with E-state index in [1.54, 1.807) is 31.2 Å². The van der Waals surface area contributed by atoms with Crippen molar-refractivity contribution in [2.75, 3.05) is 12.3 Å². The molecule has 39 heavy (non-hydrogen) atoms. The van der Waals surface area contributed by atoms with Crippen LogP contribution >= 0.6 is 11.6 Å². The van der Waals surface area contributed by atoms with Gasteiger partial charge in [-0.25, -0.2) is 22.6 Å². The molecule has 0 aliphatic rings. The van der Waals surface area contributed by atoms with Crippen LogP contribution in [0.25, 0.3) is 16.6 Å². The van der Waals surface area contributed by atoms with E-state index in [-0.39, 0.29) is 34.5 Å². The summed E-state index contributed by atoms with van der Waals surface area (Å²) < 4.78 is 61.0. The van der Waals surface area contributed by atoms with Crippen LogP contribution < -0.4 is 11.4 Å². The van der Waals surface area contributed by atoms with E-state index in [0.29, 0.717) is 10.9 Å². The molecule has 0 fully saturated rings. The molecular weight excluding hydrogens is 561 g/mol. The Morgan fingerprint density at radius 2 is 1.67 bits per heavy atom. The SMILES string of the molecule is CCN(Cc1ccccc1)S(=O)(=O)c1ccc(Cl)c(-n2c(N)c3ccccc3nc2=O)c1.O=C(O)C(F)(F)F. The monoisotopic (exact) mass is 582 g/mol. The van der Waals surface area contributed by atoms with E-state index >= 15 is 0 Å². The van der Waals surface area contributed by atoms with Gasteiger partial charge in [-0.15, -0.1) is 0 Å². The van der Waals surface area contributed by atoms with Crippen LogP contribution in [-0.2, 0) is 21.4 Å². The number of fused-ring (bicyclic) bond motifs is 1. The second-order valence-electron chi connectivity index (χ2n) is 7.97. The Morgan fingerprint density at radius 1 is 1.08 bits per heavy atom. The molecule has 0 saturated heterocycles. The van der Waals surface area contributed by atoms with Gasteiger partial charge in [-0.05, 0) is 35.9 Å². The van der Waals surface area contributed by atoms with Crippen molar-refractivity contribution >= 4 is 44.3 Å². The molecule has 1 aromatic heterocycles. The van der Waals surface area contributed by atoms with Crippen molar-refractivity contribution in [2.24, 2.45) is 0 Å². The molecule has 0 saturated carbocycles. The van der Waals surface area contributed by atoms with Gasteiger partial charge in [0, 0.05) is 18.5 Å². The third-order valence-electron chi connectivity index (χ3n) is 5.42. The molecular formula is C25H22ClF3N4O5S. The van der Waals surface area contributed by atoms with Crippen LogP contribution in [0.3, 0.4) is 0 Å². The van der Waals surface area contributed by atoms with Crippen LogP contribution in [0.1, 0.15) is 12.5 Å². The zero-order valence-electron chi connectivity index (χ0n) is 20.3. The molecule has 0 unspecified atom stereocenters. The highest BCUT2D eigenvalue weighted by Crippen LogP contribution is 2.29. The van der Waals surface area contributed by atoms with Gasteiger partial charge in [0.25, 0.3) is 0 Å². The first-order valence-corrected chi connectivity index (χ1v) is 13.0. The van der Waals surface area contributed by atoms with Gasteiger partial charge in [0.2, 0.25) is 10.0 Å². The Bertz CT molecular complexity index is 1660. The lowest BCUT2D eigenvalue weighted by Gasteiger charge is -2.21. The number of nitrogens with two attached hydrogens (primary N) is 1. The second kappa shape index (κ2) is 11.8. The van der Waals surface area contributed by atoms with E-state index in [1.807, 2.05) is 30.3 Å². The number of para-hydroxylation sites is 1. The number of sulfonamides is 1. The van der Waals surface area contributed by atoms with E-state index in [1.165, 1.54) is 22.5 Å². The number of alkyl halides is 3. The number of hydrogen-bond acceptors (Lipinski definition) is 6. The summed E-state index contributed by atoms with van der Waals surface area (Å²) in [5.41, 5.74) is 7.10. The van der Waals surface area contributed by atoms with E-state index in [9.17, 15) is 26.4 Å². The molecule has 0 aliphatic heterocycles. The van der Waals surface area contributed by atoms with Gasteiger partial charge in [-0.2, -0.15) is 22.5 Å². The van der Waals surface area contributed by atoms with Gasteiger partial charge < -0.3 is 10.8 Å². The van der Waals surface area contributed by atoms with Crippen molar-refractivity contribution < 1.29 is 31.5 Å². The van der Waals surface area contributed by atoms with E-state index < -0.39 is 27.9 Å². The second-order valence-corrected chi connectivity index (χ2v) is 10.3. The predicted molar refractivity (Wildman–Crippen MR) is 140 cm³/mol. The number of aromatic nitrogens is 2. The van der Waals surface area contributed by atoms with Gasteiger partial charge in [0.1, 0.15) is 5.82 Å². The van der Waals surface area contributed by atoms with Gasteiger partial charge in [0.05, 0.1) is 21.1 Å². The van der Waals surface area contributed by atoms with Gasteiger partial charge >= 0.3 is 17.8 Å².